The van der Waals surface area contributed by atoms with Gasteiger partial charge in [-0.25, -0.2) is 0 Å². The number of hydrogen-bond donors (Lipinski definition) is 3. The first-order valence-electron chi connectivity index (χ1n) is 8.76. The third-order valence-corrected chi connectivity index (χ3v) is 2.95. The highest BCUT2D eigenvalue weighted by Crippen LogP contribution is 2.32. The second-order valence-corrected chi connectivity index (χ2v) is 6.57. The van der Waals surface area contributed by atoms with Gasteiger partial charge in [-0.15, -0.1) is 0 Å². The Labute approximate surface area is 143 Å². The molecule has 0 unspecified atom stereocenters. The first-order chi connectivity index (χ1) is 10.6. The third kappa shape index (κ3) is 17.1. The van der Waals surface area contributed by atoms with E-state index in [-0.39, 0.29) is 22.6 Å². The van der Waals surface area contributed by atoms with Gasteiger partial charge in [0.25, 0.3) is 0 Å². The van der Waals surface area contributed by atoms with Crippen molar-refractivity contribution in [1.29, 1.82) is 0 Å². The van der Waals surface area contributed by atoms with Crippen molar-refractivity contribution in [2.45, 2.75) is 75.2 Å². The van der Waals surface area contributed by atoms with E-state index in [4.69, 9.17) is 5.11 Å². The lowest BCUT2D eigenvalue weighted by atomic mass is 9.75. The first kappa shape index (κ1) is 26.8. The van der Waals surface area contributed by atoms with Crippen LogP contribution in [0.1, 0.15) is 75.2 Å². The fourth-order valence-corrected chi connectivity index (χ4v) is 2.28. The minimum absolute atomic E-state index is 0.0434. The van der Waals surface area contributed by atoms with Gasteiger partial charge < -0.3 is 15.7 Å². The van der Waals surface area contributed by atoms with E-state index >= 15 is 0 Å². The van der Waals surface area contributed by atoms with Gasteiger partial charge >= 0.3 is 0 Å². The Morgan fingerprint density at radius 2 is 1.17 bits per heavy atom. The SMILES string of the molecule is CC.CC.CCC(=O)NCC(C)(C)CC(C)(C)CNC(=O)CO. The Kier molecular flexibility index (Phi) is 16.9. The minimum Gasteiger partial charge on any atom is -0.387 e. The number of carbonyl (C=O) groups is 2. The van der Waals surface area contributed by atoms with Crippen LogP contribution in [-0.4, -0.2) is 36.6 Å². The molecule has 0 rings (SSSR count). The zero-order valence-electron chi connectivity index (χ0n) is 16.8. The molecule has 0 aromatic carbocycles. The molecule has 0 radical (unpaired) electrons. The smallest absolute Gasteiger partial charge is 0.245 e. The summed E-state index contributed by atoms with van der Waals surface area (Å²) >= 11 is 0. The molecular weight excluding hydrogens is 292 g/mol. The quantitative estimate of drug-likeness (QED) is 0.639. The van der Waals surface area contributed by atoms with Crippen molar-refractivity contribution in [3.8, 4) is 0 Å². The standard InChI is InChI=1S/C14H28N2O3.2C2H6/c1-6-11(18)15-9-13(2,3)8-14(4,5)10-16-12(19)7-17;2*1-2/h17H,6-10H2,1-5H3,(H,15,18)(H,16,19);2*1-2H3. The molecule has 0 aliphatic heterocycles. The Morgan fingerprint density at radius 1 is 0.826 bits per heavy atom. The molecule has 2 amide bonds. The third-order valence-electron chi connectivity index (χ3n) is 2.95. The van der Waals surface area contributed by atoms with Gasteiger partial charge in [0, 0.05) is 19.5 Å². The van der Waals surface area contributed by atoms with Crippen molar-refractivity contribution in [1.82, 2.24) is 10.6 Å². The van der Waals surface area contributed by atoms with Crippen LogP contribution in [0.3, 0.4) is 0 Å². The molecule has 0 aliphatic rings. The van der Waals surface area contributed by atoms with Gasteiger partial charge in [0.15, 0.2) is 0 Å². The summed E-state index contributed by atoms with van der Waals surface area (Å²) in [6.07, 6.45) is 1.35. The van der Waals surface area contributed by atoms with E-state index in [9.17, 15) is 9.59 Å². The number of amides is 2. The topological polar surface area (TPSA) is 78.4 Å². The summed E-state index contributed by atoms with van der Waals surface area (Å²) in [5, 5.41) is 14.3. The van der Waals surface area contributed by atoms with E-state index in [1.54, 1.807) is 0 Å². The molecule has 0 saturated carbocycles. The van der Waals surface area contributed by atoms with Crippen LogP contribution in [0.25, 0.3) is 0 Å². The largest absolute Gasteiger partial charge is 0.387 e. The van der Waals surface area contributed by atoms with Gasteiger partial charge in [-0.05, 0) is 17.3 Å². The van der Waals surface area contributed by atoms with Crippen molar-refractivity contribution < 1.29 is 14.7 Å². The van der Waals surface area contributed by atoms with Crippen molar-refractivity contribution in [2.75, 3.05) is 19.7 Å². The highest BCUT2D eigenvalue weighted by atomic mass is 16.3. The average molecular weight is 333 g/mol. The molecule has 3 N–H and O–H groups in total. The lowest BCUT2D eigenvalue weighted by Gasteiger charge is -2.35. The van der Waals surface area contributed by atoms with Crippen molar-refractivity contribution in [3.05, 3.63) is 0 Å². The molecule has 140 valence electrons. The van der Waals surface area contributed by atoms with E-state index in [1.165, 1.54) is 0 Å². The zero-order valence-corrected chi connectivity index (χ0v) is 16.8. The van der Waals surface area contributed by atoms with Gasteiger partial charge in [0.1, 0.15) is 6.61 Å². The normalized spacial score (nSPS) is 10.5. The van der Waals surface area contributed by atoms with Crippen LogP contribution in [0, 0.1) is 10.8 Å². The van der Waals surface area contributed by atoms with Crippen molar-refractivity contribution in [2.24, 2.45) is 10.8 Å². The molecule has 0 heterocycles. The number of nitrogens with one attached hydrogen (secondary N) is 2. The van der Waals surface area contributed by atoms with Crippen LogP contribution in [0.4, 0.5) is 0 Å². The maximum atomic E-state index is 11.3. The van der Waals surface area contributed by atoms with Crippen LogP contribution in [-0.2, 0) is 9.59 Å². The highest BCUT2D eigenvalue weighted by molar-refractivity contribution is 5.76. The molecule has 0 fully saturated rings. The summed E-state index contributed by atoms with van der Waals surface area (Å²) in [5.74, 6) is -0.301. The Bertz CT molecular complexity index is 283. The maximum Gasteiger partial charge on any atom is 0.245 e. The maximum absolute atomic E-state index is 11.3. The molecular formula is C18H40N2O3. The molecule has 0 saturated heterocycles. The summed E-state index contributed by atoms with van der Waals surface area (Å²) in [6, 6.07) is 0. The summed E-state index contributed by atoms with van der Waals surface area (Å²) in [7, 11) is 0. The zero-order chi connectivity index (χ0) is 19.1. The Hall–Kier alpha value is -1.10. The molecule has 0 aromatic heterocycles. The van der Waals surface area contributed by atoms with E-state index in [0.29, 0.717) is 19.5 Å². The molecule has 0 aliphatic carbocycles. The van der Waals surface area contributed by atoms with Gasteiger partial charge in [0.05, 0.1) is 0 Å². The molecule has 0 atom stereocenters. The monoisotopic (exact) mass is 332 g/mol. The summed E-state index contributed by atoms with van der Waals surface area (Å²) in [6.45, 7) is 18.8. The minimum atomic E-state index is -0.480. The number of aliphatic hydroxyl groups excluding tert-OH is 1. The summed E-state index contributed by atoms with van der Waals surface area (Å²) in [4.78, 5) is 22.3. The second kappa shape index (κ2) is 14.5. The van der Waals surface area contributed by atoms with E-state index < -0.39 is 6.61 Å². The summed E-state index contributed by atoms with van der Waals surface area (Å²) in [5.41, 5.74) is -0.135. The van der Waals surface area contributed by atoms with Crippen LogP contribution in [0.2, 0.25) is 0 Å². The number of carbonyl (C=O) groups excluding carboxylic acids is 2. The van der Waals surface area contributed by atoms with Gasteiger partial charge in [-0.2, -0.15) is 0 Å². The fourth-order valence-electron chi connectivity index (χ4n) is 2.28. The second-order valence-electron chi connectivity index (χ2n) is 6.57. The van der Waals surface area contributed by atoms with E-state index in [1.807, 2.05) is 34.6 Å². The van der Waals surface area contributed by atoms with E-state index in [2.05, 4.69) is 38.3 Å². The fraction of sp³-hybridized carbons (Fsp3) is 0.889. The van der Waals surface area contributed by atoms with Crippen LogP contribution < -0.4 is 10.6 Å². The van der Waals surface area contributed by atoms with Gasteiger partial charge in [-0.1, -0.05) is 62.3 Å². The summed E-state index contributed by atoms with van der Waals surface area (Å²) < 4.78 is 0. The predicted molar refractivity (Wildman–Crippen MR) is 98.3 cm³/mol. The average Bonchev–Trinajstić information content (AvgIpc) is 2.53. The lowest BCUT2D eigenvalue weighted by Crippen LogP contribution is -2.41. The molecule has 0 aromatic rings. The van der Waals surface area contributed by atoms with Gasteiger partial charge in [-0.3, -0.25) is 9.59 Å². The van der Waals surface area contributed by atoms with Gasteiger partial charge in [0.2, 0.25) is 11.8 Å². The Morgan fingerprint density at radius 3 is 1.48 bits per heavy atom. The molecule has 0 bridgehead atoms. The van der Waals surface area contributed by atoms with E-state index in [0.717, 1.165) is 6.42 Å². The van der Waals surface area contributed by atoms with Crippen LogP contribution >= 0.6 is 0 Å². The number of aliphatic hydroxyl groups is 1. The first-order valence-corrected chi connectivity index (χ1v) is 8.76. The predicted octanol–water partition coefficient (Wildman–Crippen LogP) is 3.12. The lowest BCUT2D eigenvalue weighted by molar-refractivity contribution is -0.124. The number of hydrogen-bond acceptors (Lipinski definition) is 3. The number of rotatable bonds is 8. The highest BCUT2D eigenvalue weighted by Gasteiger charge is 2.29. The molecule has 5 heteroatoms. The molecule has 0 spiro atoms. The Balaban J connectivity index is -0.000000919. The van der Waals surface area contributed by atoms with Crippen LogP contribution in [0.15, 0.2) is 0 Å². The molecule has 5 nitrogen and oxygen atoms in total. The molecule has 23 heavy (non-hydrogen) atoms. The van der Waals surface area contributed by atoms with Crippen LogP contribution in [0.5, 0.6) is 0 Å². The van der Waals surface area contributed by atoms with Crippen molar-refractivity contribution >= 4 is 11.8 Å². The van der Waals surface area contributed by atoms with Crippen molar-refractivity contribution in [3.63, 3.8) is 0 Å².